The molecule has 1 aliphatic rings. The van der Waals surface area contributed by atoms with Crippen molar-refractivity contribution in [2.45, 2.75) is 24.7 Å². The van der Waals surface area contributed by atoms with Crippen LogP contribution in [0.25, 0.3) is 0 Å². The van der Waals surface area contributed by atoms with E-state index in [1.807, 2.05) is 0 Å². The van der Waals surface area contributed by atoms with E-state index in [2.05, 4.69) is 11.3 Å². The summed E-state index contributed by atoms with van der Waals surface area (Å²) in [6.45, 7) is 7.07. The standard InChI is InChI=1S/C16H21NO5S/c1-11-9-14(16(18)19)3-4-15(11)23(20,21)17-10-12(2)13-5-7-22-8-6-13/h3-4,9,13,17H,2,5-8,10H2,1H3,(H,18,19). The number of sulfonamides is 1. The Bertz CT molecular complexity index is 705. The summed E-state index contributed by atoms with van der Waals surface area (Å²) in [6.07, 6.45) is 1.71. The molecule has 2 N–H and O–H groups in total. The summed E-state index contributed by atoms with van der Waals surface area (Å²) in [5.74, 6) is -0.820. The van der Waals surface area contributed by atoms with Crippen LogP contribution in [-0.4, -0.2) is 39.3 Å². The van der Waals surface area contributed by atoms with Gasteiger partial charge in [0, 0.05) is 19.8 Å². The molecular weight excluding hydrogens is 318 g/mol. The minimum absolute atomic E-state index is 0.0630. The number of hydrogen-bond acceptors (Lipinski definition) is 4. The molecule has 0 aliphatic carbocycles. The zero-order chi connectivity index (χ0) is 17.0. The van der Waals surface area contributed by atoms with Crippen molar-refractivity contribution in [3.63, 3.8) is 0 Å². The van der Waals surface area contributed by atoms with Crippen LogP contribution in [0, 0.1) is 12.8 Å². The molecule has 0 spiro atoms. The van der Waals surface area contributed by atoms with Crippen molar-refractivity contribution >= 4 is 16.0 Å². The Morgan fingerprint density at radius 2 is 2.04 bits per heavy atom. The summed E-state index contributed by atoms with van der Waals surface area (Å²) in [5, 5.41) is 8.94. The molecule has 0 atom stereocenters. The molecule has 1 aromatic carbocycles. The average Bonchev–Trinajstić information content (AvgIpc) is 2.53. The van der Waals surface area contributed by atoms with Crippen LogP contribution in [0.4, 0.5) is 0 Å². The molecule has 1 saturated heterocycles. The number of aromatic carboxylic acids is 1. The molecule has 0 radical (unpaired) electrons. The Morgan fingerprint density at radius 3 is 2.61 bits per heavy atom. The maximum absolute atomic E-state index is 12.4. The third kappa shape index (κ3) is 4.40. The summed E-state index contributed by atoms with van der Waals surface area (Å²) >= 11 is 0. The Kier molecular flexibility index (Phi) is 5.56. The number of carboxylic acid groups (broad SMARTS) is 1. The monoisotopic (exact) mass is 339 g/mol. The van der Waals surface area contributed by atoms with E-state index in [9.17, 15) is 13.2 Å². The molecule has 23 heavy (non-hydrogen) atoms. The largest absolute Gasteiger partial charge is 0.478 e. The summed E-state index contributed by atoms with van der Waals surface area (Å²) in [4.78, 5) is 11.0. The lowest BCUT2D eigenvalue weighted by Gasteiger charge is -2.24. The van der Waals surface area contributed by atoms with Crippen molar-refractivity contribution in [3.8, 4) is 0 Å². The van der Waals surface area contributed by atoms with Gasteiger partial charge < -0.3 is 9.84 Å². The van der Waals surface area contributed by atoms with Gasteiger partial charge in [-0.25, -0.2) is 17.9 Å². The average molecular weight is 339 g/mol. The first-order valence-electron chi connectivity index (χ1n) is 7.40. The summed E-state index contributed by atoms with van der Waals surface area (Å²) in [7, 11) is -3.70. The topological polar surface area (TPSA) is 92.7 Å². The SMILES string of the molecule is C=C(CNS(=O)(=O)c1ccc(C(=O)O)cc1C)C1CCOCC1. The summed E-state index contributed by atoms with van der Waals surface area (Å²) in [6, 6.07) is 3.96. The Hall–Kier alpha value is -1.70. The van der Waals surface area contributed by atoms with Gasteiger partial charge in [-0.1, -0.05) is 12.2 Å². The van der Waals surface area contributed by atoms with Crippen LogP contribution in [0.5, 0.6) is 0 Å². The predicted octanol–water partition coefficient (Wildman–Crippen LogP) is 1.95. The molecular formula is C16H21NO5S. The van der Waals surface area contributed by atoms with Crippen LogP contribution in [0.3, 0.4) is 0 Å². The fourth-order valence-corrected chi connectivity index (χ4v) is 3.86. The lowest BCUT2D eigenvalue weighted by atomic mass is 9.93. The normalized spacial score (nSPS) is 16.2. The summed E-state index contributed by atoms with van der Waals surface area (Å²) < 4.78 is 32.6. The van der Waals surface area contributed by atoms with Crippen LogP contribution >= 0.6 is 0 Å². The van der Waals surface area contributed by atoms with Gasteiger partial charge in [0.05, 0.1) is 10.5 Å². The molecule has 7 heteroatoms. The number of carbonyl (C=O) groups is 1. The van der Waals surface area contributed by atoms with Gasteiger partial charge in [0.1, 0.15) is 0 Å². The molecule has 0 bridgehead atoms. The first-order chi connectivity index (χ1) is 10.8. The third-order valence-electron chi connectivity index (χ3n) is 4.00. The van der Waals surface area contributed by atoms with E-state index in [1.54, 1.807) is 6.92 Å². The van der Waals surface area contributed by atoms with E-state index in [0.717, 1.165) is 18.4 Å². The number of nitrogens with one attached hydrogen (secondary N) is 1. The molecule has 0 saturated carbocycles. The fourth-order valence-electron chi connectivity index (χ4n) is 2.60. The minimum Gasteiger partial charge on any atom is -0.478 e. The van der Waals surface area contributed by atoms with Crippen LogP contribution in [0.2, 0.25) is 0 Å². The highest BCUT2D eigenvalue weighted by Gasteiger charge is 2.21. The minimum atomic E-state index is -3.70. The summed E-state index contributed by atoms with van der Waals surface area (Å²) in [5.41, 5.74) is 1.30. The van der Waals surface area contributed by atoms with Gasteiger partial charge in [-0.2, -0.15) is 0 Å². The van der Waals surface area contributed by atoms with E-state index in [0.29, 0.717) is 18.8 Å². The molecule has 0 unspecified atom stereocenters. The highest BCUT2D eigenvalue weighted by Crippen LogP contribution is 2.22. The second-order valence-corrected chi connectivity index (χ2v) is 7.39. The van der Waals surface area contributed by atoms with Crippen molar-refractivity contribution in [3.05, 3.63) is 41.5 Å². The number of rotatable bonds is 6. The maximum Gasteiger partial charge on any atom is 0.335 e. The molecule has 126 valence electrons. The van der Waals surface area contributed by atoms with Crippen molar-refractivity contribution < 1.29 is 23.1 Å². The molecule has 1 fully saturated rings. The molecule has 1 aromatic rings. The van der Waals surface area contributed by atoms with Crippen LogP contribution in [-0.2, 0) is 14.8 Å². The number of benzene rings is 1. The molecule has 1 aliphatic heterocycles. The van der Waals surface area contributed by atoms with Crippen LogP contribution in [0.1, 0.15) is 28.8 Å². The fraction of sp³-hybridized carbons (Fsp3) is 0.438. The lowest BCUT2D eigenvalue weighted by Crippen LogP contribution is -2.29. The molecule has 0 amide bonds. The lowest BCUT2D eigenvalue weighted by molar-refractivity contribution is 0.0696. The van der Waals surface area contributed by atoms with E-state index < -0.39 is 16.0 Å². The number of hydrogen-bond donors (Lipinski definition) is 2. The number of aryl methyl sites for hydroxylation is 1. The van der Waals surface area contributed by atoms with Gasteiger partial charge in [-0.15, -0.1) is 0 Å². The van der Waals surface area contributed by atoms with Crippen molar-refractivity contribution in [2.75, 3.05) is 19.8 Å². The molecule has 1 heterocycles. The first-order valence-corrected chi connectivity index (χ1v) is 8.88. The van der Waals surface area contributed by atoms with Gasteiger partial charge in [-0.3, -0.25) is 0 Å². The Labute approximate surface area is 136 Å². The quantitative estimate of drug-likeness (QED) is 0.773. The van der Waals surface area contributed by atoms with Crippen molar-refractivity contribution in [1.29, 1.82) is 0 Å². The van der Waals surface area contributed by atoms with Crippen molar-refractivity contribution in [2.24, 2.45) is 5.92 Å². The smallest absolute Gasteiger partial charge is 0.335 e. The number of ether oxygens (including phenoxy) is 1. The third-order valence-corrected chi connectivity index (χ3v) is 5.56. The van der Waals surface area contributed by atoms with E-state index in [1.165, 1.54) is 18.2 Å². The molecule has 2 rings (SSSR count). The predicted molar refractivity (Wildman–Crippen MR) is 86.0 cm³/mol. The van der Waals surface area contributed by atoms with Gasteiger partial charge in [0.15, 0.2) is 0 Å². The zero-order valence-corrected chi connectivity index (χ0v) is 13.9. The van der Waals surface area contributed by atoms with Crippen LogP contribution < -0.4 is 4.72 Å². The second kappa shape index (κ2) is 7.25. The zero-order valence-electron chi connectivity index (χ0n) is 13.0. The van der Waals surface area contributed by atoms with Gasteiger partial charge in [-0.05, 0) is 49.4 Å². The second-order valence-electron chi connectivity index (χ2n) is 5.65. The molecule has 6 nitrogen and oxygen atoms in total. The highest BCUT2D eigenvalue weighted by atomic mass is 32.2. The van der Waals surface area contributed by atoms with E-state index in [-0.39, 0.29) is 22.9 Å². The molecule has 0 aromatic heterocycles. The number of carboxylic acids is 1. The van der Waals surface area contributed by atoms with E-state index >= 15 is 0 Å². The van der Waals surface area contributed by atoms with E-state index in [4.69, 9.17) is 9.84 Å². The maximum atomic E-state index is 12.4. The van der Waals surface area contributed by atoms with Gasteiger partial charge >= 0.3 is 5.97 Å². The van der Waals surface area contributed by atoms with Gasteiger partial charge in [0.2, 0.25) is 10.0 Å². The first kappa shape index (κ1) is 17.7. The van der Waals surface area contributed by atoms with Crippen molar-refractivity contribution in [1.82, 2.24) is 4.72 Å². The Morgan fingerprint density at radius 1 is 1.39 bits per heavy atom. The van der Waals surface area contributed by atoms with Crippen LogP contribution in [0.15, 0.2) is 35.2 Å². The highest BCUT2D eigenvalue weighted by molar-refractivity contribution is 7.89. The Balaban J connectivity index is 2.06. The van der Waals surface area contributed by atoms with Gasteiger partial charge in [0.25, 0.3) is 0 Å².